The van der Waals surface area contributed by atoms with Crippen LogP contribution in [-0.4, -0.2) is 54.6 Å². The van der Waals surface area contributed by atoms with Gasteiger partial charge in [0.25, 0.3) is 5.91 Å². The Morgan fingerprint density at radius 3 is 2.86 bits per heavy atom. The van der Waals surface area contributed by atoms with Gasteiger partial charge in [-0.15, -0.1) is 0 Å². The molecule has 6 nitrogen and oxygen atoms in total. The number of anilines is 1. The molecule has 6 heteroatoms. The lowest BCUT2D eigenvalue weighted by Crippen LogP contribution is -2.27. The molecule has 1 aromatic carbocycles. The first-order valence-electron chi connectivity index (χ1n) is 9.94. The van der Waals surface area contributed by atoms with E-state index in [1.807, 2.05) is 48.5 Å². The van der Waals surface area contributed by atoms with Crippen LogP contribution in [0.3, 0.4) is 0 Å². The smallest absolute Gasteiger partial charge is 0.255 e. The largest absolute Gasteiger partial charge is 0.384 e. The second-order valence-corrected chi connectivity index (χ2v) is 7.62. The summed E-state index contributed by atoms with van der Waals surface area (Å²) in [6.45, 7) is 3.15. The highest BCUT2D eigenvalue weighted by Crippen LogP contribution is 2.22. The van der Waals surface area contributed by atoms with Crippen molar-refractivity contribution in [3.8, 4) is 0 Å². The third-order valence-electron chi connectivity index (χ3n) is 5.41. The Bertz CT molecular complexity index is 990. The number of ether oxygens (including phenoxy) is 1. The molecule has 1 atom stereocenters. The Hall–Kier alpha value is -2.99. The molecular weight excluding hydrogens is 364 g/mol. The third-order valence-corrected chi connectivity index (χ3v) is 5.41. The summed E-state index contributed by atoms with van der Waals surface area (Å²) in [5.74, 6) is 1.40. The average Bonchev–Trinajstić information content (AvgIpc) is 3.22. The number of benzene rings is 1. The van der Waals surface area contributed by atoms with Gasteiger partial charge in [0.05, 0.1) is 29.9 Å². The fourth-order valence-electron chi connectivity index (χ4n) is 3.84. The number of pyridine rings is 2. The second kappa shape index (κ2) is 8.57. The van der Waals surface area contributed by atoms with Gasteiger partial charge >= 0.3 is 0 Å². The Labute approximate surface area is 171 Å². The summed E-state index contributed by atoms with van der Waals surface area (Å²) < 4.78 is 5.26. The monoisotopic (exact) mass is 390 g/mol. The lowest BCUT2D eigenvalue weighted by Gasteiger charge is -2.19. The lowest BCUT2D eigenvalue weighted by atomic mass is 10.1. The maximum atomic E-state index is 12.8. The first-order valence-corrected chi connectivity index (χ1v) is 9.94. The molecule has 0 spiro atoms. The van der Waals surface area contributed by atoms with Crippen molar-refractivity contribution >= 4 is 22.6 Å². The van der Waals surface area contributed by atoms with Crippen LogP contribution in [0.5, 0.6) is 0 Å². The van der Waals surface area contributed by atoms with E-state index in [1.54, 1.807) is 25.3 Å². The zero-order valence-electron chi connectivity index (χ0n) is 16.9. The predicted molar refractivity (Wildman–Crippen MR) is 114 cm³/mol. The van der Waals surface area contributed by atoms with Crippen LogP contribution in [0, 0.1) is 5.92 Å². The van der Waals surface area contributed by atoms with Crippen LogP contribution >= 0.6 is 0 Å². The van der Waals surface area contributed by atoms with Crippen LogP contribution in [0.25, 0.3) is 10.9 Å². The molecule has 0 N–H and O–H groups in total. The van der Waals surface area contributed by atoms with Gasteiger partial charge in [0.15, 0.2) is 0 Å². The summed E-state index contributed by atoms with van der Waals surface area (Å²) >= 11 is 0. The number of aromatic nitrogens is 2. The average molecular weight is 390 g/mol. The van der Waals surface area contributed by atoms with E-state index in [2.05, 4.69) is 14.9 Å². The number of hydrogen-bond acceptors (Lipinski definition) is 5. The zero-order valence-corrected chi connectivity index (χ0v) is 16.9. The third kappa shape index (κ3) is 4.38. The summed E-state index contributed by atoms with van der Waals surface area (Å²) in [5, 5.41) is 1.10. The second-order valence-electron chi connectivity index (χ2n) is 7.62. The molecule has 1 aliphatic rings. The predicted octanol–water partition coefficient (Wildman–Crippen LogP) is 3.37. The van der Waals surface area contributed by atoms with Crippen molar-refractivity contribution in [2.75, 3.05) is 38.8 Å². The molecule has 1 unspecified atom stereocenters. The Kier molecular flexibility index (Phi) is 5.71. The standard InChI is InChI=1S/C23H26N4O2/c1-26(15-20-9-7-18-5-3-4-6-21(18)25-20)23(28)19-8-10-22(24-13-19)27-12-11-17(14-27)16-29-2/h3-10,13,17H,11-12,14-16H2,1-2H3. The van der Waals surface area contributed by atoms with Crippen molar-refractivity contribution in [2.24, 2.45) is 5.92 Å². The van der Waals surface area contributed by atoms with Gasteiger partial charge in [-0.2, -0.15) is 0 Å². The van der Waals surface area contributed by atoms with Gasteiger partial charge < -0.3 is 14.5 Å². The summed E-state index contributed by atoms with van der Waals surface area (Å²) in [4.78, 5) is 25.9. The van der Waals surface area contributed by atoms with Crippen LogP contribution in [-0.2, 0) is 11.3 Å². The van der Waals surface area contributed by atoms with E-state index in [-0.39, 0.29) is 5.91 Å². The molecule has 1 fully saturated rings. The molecule has 3 heterocycles. The highest BCUT2D eigenvalue weighted by molar-refractivity contribution is 5.94. The van der Waals surface area contributed by atoms with Gasteiger partial charge in [-0.05, 0) is 30.7 Å². The van der Waals surface area contributed by atoms with Gasteiger partial charge in [0, 0.05) is 44.7 Å². The molecule has 2 aromatic heterocycles. The minimum Gasteiger partial charge on any atom is -0.384 e. The van der Waals surface area contributed by atoms with E-state index in [0.29, 0.717) is 18.0 Å². The molecule has 1 aliphatic heterocycles. The number of fused-ring (bicyclic) bond motifs is 1. The number of methoxy groups -OCH3 is 1. The molecule has 0 bridgehead atoms. The van der Waals surface area contributed by atoms with Gasteiger partial charge in [-0.1, -0.05) is 24.3 Å². The van der Waals surface area contributed by atoms with E-state index in [4.69, 9.17) is 4.74 Å². The minimum atomic E-state index is -0.0577. The summed E-state index contributed by atoms with van der Waals surface area (Å²) in [6, 6.07) is 15.8. The number of amides is 1. The molecule has 3 aromatic rings. The number of nitrogens with zero attached hydrogens (tertiary/aromatic N) is 4. The van der Waals surface area contributed by atoms with Crippen molar-refractivity contribution in [1.29, 1.82) is 0 Å². The van der Waals surface area contributed by atoms with Crippen LogP contribution in [0.15, 0.2) is 54.7 Å². The van der Waals surface area contributed by atoms with Crippen molar-refractivity contribution < 1.29 is 9.53 Å². The molecule has 150 valence electrons. The van der Waals surface area contributed by atoms with Gasteiger partial charge in [0.2, 0.25) is 0 Å². The normalized spacial score (nSPS) is 16.3. The number of carbonyl (C=O) groups is 1. The van der Waals surface area contributed by atoms with Crippen molar-refractivity contribution in [3.63, 3.8) is 0 Å². The highest BCUT2D eigenvalue weighted by atomic mass is 16.5. The Balaban J connectivity index is 1.40. The molecule has 1 amide bonds. The van der Waals surface area contributed by atoms with E-state index >= 15 is 0 Å². The summed E-state index contributed by atoms with van der Waals surface area (Å²) in [6.07, 6.45) is 2.78. The molecule has 29 heavy (non-hydrogen) atoms. The van der Waals surface area contributed by atoms with E-state index in [0.717, 1.165) is 48.5 Å². The van der Waals surface area contributed by atoms with Crippen LogP contribution < -0.4 is 4.90 Å². The van der Waals surface area contributed by atoms with Gasteiger partial charge in [-0.3, -0.25) is 9.78 Å². The first kappa shape index (κ1) is 19.3. The number of hydrogen-bond donors (Lipinski definition) is 0. The molecule has 4 rings (SSSR count). The zero-order chi connectivity index (χ0) is 20.2. The van der Waals surface area contributed by atoms with Crippen molar-refractivity contribution in [3.05, 3.63) is 66.0 Å². The van der Waals surface area contributed by atoms with Crippen LogP contribution in [0.2, 0.25) is 0 Å². The lowest BCUT2D eigenvalue weighted by molar-refractivity contribution is 0.0783. The fraction of sp³-hybridized carbons (Fsp3) is 0.348. The maximum absolute atomic E-state index is 12.8. The van der Waals surface area contributed by atoms with Crippen LogP contribution in [0.1, 0.15) is 22.5 Å². The summed E-state index contributed by atoms with van der Waals surface area (Å²) in [5.41, 5.74) is 2.39. The van der Waals surface area contributed by atoms with Crippen LogP contribution in [0.4, 0.5) is 5.82 Å². The number of rotatable bonds is 6. The molecule has 1 saturated heterocycles. The Morgan fingerprint density at radius 2 is 2.07 bits per heavy atom. The fourth-order valence-corrected chi connectivity index (χ4v) is 3.84. The number of carbonyl (C=O) groups excluding carboxylic acids is 1. The number of para-hydroxylation sites is 1. The minimum absolute atomic E-state index is 0.0577. The van der Waals surface area contributed by atoms with Crippen molar-refractivity contribution in [1.82, 2.24) is 14.9 Å². The van der Waals surface area contributed by atoms with Crippen molar-refractivity contribution in [2.45, 2.75) is 13.0 Å². The topological polar surface area (TPSA) is 58.6 Å². The summed E-state index contributed by atoms with van der Waals surface area (Å²) in [7, 11) is 3.54. The van der Waals surface area contributed by atoms with Gasteiger partial charge in [-0.25, -0.2) is 4.98 Å². The van der Waals surface area contributed by atoms with E-state index < -0.39 is 0 Å². The maximum Gasteiger partial charge on any atom is 0.255 e. The van der Waals surface area contributed by atoms with E-state index in [9.17, 15) is 4.79 Å². The highest BCUT2D eigenvalue weighted by Gasteiger charge is 2.23. The first-order chi connectivity index (χ1) is 14.1. The molecule has 0 radical (unpaired) electrons. The molecule has 0 saturated carbocycles. The SMILES string of the molecule is COCC1CCN(c2ccc(C(=O)N(C)Cc3ccc4ccccc4n3)cn2)C1. The van der Waals surface area contributed by atoms with Gasteiger partial charge in [0.1, 0.15) is 5.82 Å². The quantitative estimate of drug-likeness (QED) is 0.646. The molecular formula is C23H26N4O2. The Morgan fingerprint density at radius 1 is 1.21 bits per heavy atom. The van der Waals surface area contributed by atoms with E-state index in [1.165, 1.54) is 0 Å². The molecule has 0 aliphatic carbocycles.